The molecule has 1 saturated heterocycles. The van der Waals surface area contributed by atoms with Crippen LogP contribution in [0.15, 0.2) is 52.9 Å². The monoisotopic (exact) mass is 571 g/mol. The molecule has 11 heteroatoms. The highest BCUT2D eigenvalue weighted by Gasteiger charge is 2.32. The predicted octanol–water partition coefficient (Wildman–Crippen LogP) is 5.65. The number of amides is 1. The van der Waals surface area contributed by atoms with Gasteiger partial charge in [-0.05, 0) is 43.0 Å². The van der Waals surface area contributed by atoms with Crippen molar-refractivity contribution in [2.45, 2.75) is 74.9 Å². The zero-order valence-corrected chi connectivity index (χ0v) is 23.4. The van der Waals surface area contributed by atoms with Crippen LogP contribution in [0.3, 0.4) is 0 Å². The van der Waals surface area contributed by atoms with Crippen molar-refractivity contribution in [2.75, 3.05) is 11.1 Å². The molecule has 9 nitrogen and oxygen atoms in total. The van der Waals surface area contributed by atoms with Crippen LogP contribution in [-0.2, 0) is 25.7 Å². The average molecular weight is 572 g/mol. The van der Waals surface area contributed by atoms with E-state index in [1.165, 1.54) is 0 Å². The van der Waals surface area contributed by atoms with E-state index in [1.807, 2.05) is 55.5 Å². The Balaban J connectivity index is 1.42. The smallest absolute Gasteiger partial charge is 0.303 e. The molecule has 0 spiro atoms. The first-order valence-corrected chi connectivity index (χ1v) is 14.7. The molecular formula is C28H33N3O6S2. The summed E-state index contributed by atoms with van der Waals surface area (Å²) in [7, 11) is 0. The number of carbonyl (C=O) groups excluding carboxylic acids is 1. The predicted molar refractivity (Wildman–Crippen MR) is 150 cm³/mol. The lowest BCUT2D eigenvalue weighted by Crippen LogP contribution is -2.31. The third-order valence-electron chi connectivity index (χ3n) is 6.25. The van der Waals surface area contributed by atoms with E-state index >= 15 is 0 Å². The molecule has 1 fully saturated rings. The van der Waals surface area contributed by atoms with E-state index < -0.39 is 12.3 Å². The molecule has 1 aliphatic heterocycles. The lowest BCUT2D eigenvalue weighted by Gasteiger charge is -2.36. The maximum Gasteiger partial charge on any atom is 0.303 e. The van der Waals surface area contributed by atoms with Crippen molar-refractivity contribution in [1.29, 1.82) is 0 Å². The van der Waals surface area contributed by atoms with E-state index in [0.717, 1.165) is 26.0 Å². The van der Waals surface area contributed by atoms with Gasteiger partial charge < -0.3 is 25.0 Å². The molecule has 4 rings (SSSR count). The van der Waals surface area contributed by atoms with E-state index in [0.29, 0.717) is 43.5 Å². The molecular weight excluding hydrogens is 538 g/mol. The number of nitrogens with zero attached hydrogens (tertiary/aromatic N) is 2. The average Bonchev–Trinajstić information content (AvgIpc) is 3.36. The zero-order valence-electron chi connectivity index (χ0n) is 21.7. The van der Waals surface area contributed by atoms with Crippen LogP contribution in [0, 0.1) is 6.92 Å². The van der Waals surface area contributed by atoms with Gasteiger partial charge in [-0.15, -0.1) is 10.2 Å². The summed E-state index contributed by atoms with van der Waals surface area (Å²) in [5.41, 5.74) is 3.30. The highest BCUT2D eigenvalue weighted by atomic mass is 32.2. The van der Waals surface area contributed by atoms with E-state index in [-0.39, 0.29) is 31.1 Å². The summed E-state index contributed by atoms with van der Waals surface area (Å²) in [5, 5.41) is 30.3. The largest absolute Gasteiger partial charge is 0.481 e. The van der Waals surface area contributed by atoms with E-state index in [1.54, 1.807) is 23.1 Å². The Labute approximate surface area is 236 Å². The zero-order chi connectivity index (χ0) is 27.6. The summed E-state index contributed by atoms with van der Waals surface area (Å²) in [6.07, 6.45) is 2.07. The lowest BCUT2D eigenvalue weighted by molar-refractivity contribution is -0.245. The Hall–Kier alpha value is -2.83. The van der Waals surface area contributed by atoms with Crippen molar-refractivity contribution in [1.82, 2.24) is 10.2 Å². The first-order chi connectivity index (χ1) is 18.9. The van der Waals surface area contributed by atoms with Crippen LogP contribution >= 0.6 is 23.1 Å². The molecule has 3 unspecified atom stereocenters. The molecule has 3 atom stereocenters. The molecule has 0 radical (unpaired) electrons. The number of benzene rings is 2. The number of rotatable bonds is 13. The molecule has 0 saturated carbocycles. The molecule has 1 amide bonds. The number of carboxylic acids is 1. The molecule has 0 bridgehead atoms. The second-order valence-electron chi connectivity index (χ2n) is 9.38. The van der Waals surface area contributed by atoms with Gasteiger partial charge in [-0.2, -0.15) is 0 Å². The maximum atomic E-state index is 12.4. The van der Waals surface area contributed by atoms with E-state index in [2.05, 4.69) is 15.5 Å². The summed E-state index contributed by atoms with van der Waals surface area (Å²) in [4.78, 5) is 23.1. The number of unbranched alkanes of at least 4 members (excludes halogenated alkanes) is 2. The van der Waals surface area contributed by atoms with Gasteiger partial charge in [-0.25, -0.2) is 0 Å². The van der Waals surface area contributed by atoms with E-state index in [4.69, 9.17) is 14.6 Å². The lowest BCUT2D eigenvalue weighted by atomic mass is 10.0. The topological polar surface area (TPSA) is 131 Å². The number of aryl methyl sites for hydroxylation is 1. The fraction of sp³-hybridized carbons (Fsp3) is 0.429. The minimum Gasteiger partial charge on any atom is -0.481 e. The molecule has 0 aliphatic carbocycles. The molecule has 208 valence electrons. The van der Waals surface area contributed by atoms with Gasteiger partial charge >= 0.3 is 5.97 Å². The third kappa shape index (κ3) is 9.11. The summed E-state index contributed by atoms with van der Waals surface area (Å²) in [6.45, 7) is 1.92. The van der Waals surface area contributed by atoms with Gasteiger partial charge in [0.2, 0.25) is 5.91 Å². The summed E-state index contributed by atoms with van der Waals surface area (Å²) in [6, 6.07) is 15.2. The Morgan fingerprint density at radius 3 is 2.56 bits per heavy atom. The quantitative estimate of drug-likeness (QED) is 0.176. The van der Waals surface area contributed by atoms with Crippen LogP contribution in [0.25, 0.3) is 0 Å². The van der Waals surface area contributed by atoms with E-state index in [9.17, 15) is 14.7 Å². The van der Waals surface area contributed by atoms with Crippen molar-refractivity contribution in [2.24, 2.45) is 0 Å². The Morgan fingerprint density at radius 2 is 1.85 bits per heavy atom. The number of carbonyl (C=O) groups is 2. The van der Waals surface area contributed by atoms with Gasteiger partial charge in [0, 0.05) is 36.3 Å². The highest BCUT2D eigenvalue weighted by molar-refractivity contribution is 8.01. The van der Waals surface area contributed by atoms with Crippen LogP contribution in [-0.4, -0.2) is 44.1 Å². The van der Waals surface area contributed by atoms with Crippen LogP contribution < -0.4 is 5.32 Å². The summed E-state index contributed by atoms with van der Waals surface area (Å²) >= 11 is 3.17. The van der Waals surface area contributed by atoms with Crippen molar-refractivity contribution in [3.05, 3.63) is 70.2 Å². The second kappa shape index (κ2) is 14.5. The van der Waals surface area contributed by atoms with Crippen LogP contribution in [0.5, 0.6) is 0 Å². The van der Waals surface area contributed by atoms with Gasteiger partial charge in [0.15, 0.2) is 10.6 Å². The number of nitrogens with one attached hydrogen (secondary N) is 1. The number of aliphatic hydroxyl groups excluding tert-OH is 1. The normalized spacial score (nSPS) is 19.1. The number of anilines is 1. The Kier molecular flexibility index (Phi) is 10.9. The third-order valence-corrected chi connectivity index (χ3v) is 8.36. The summed E-state index contributed by atoms with van der Waals surface area (Å²) < 4.78 is 13.7. The molecule has 39 heavy (non-hydrogen) atoms. The van der Waals surface area contributed by atoms with Crippen LogP contribution in [0.4, 0.5) is 5.69 Å². The number of ether oxygens (including phenoxy) is 2. The molecule has 3 aromatic rings. The van der Waals surface area contributed by atoms with Crippen molar-refractivity contribution < 1.29 is 29.3 Å². The SMILES string of the molecule is Cc1nnc(SCC2CC(c3ccc(CO)cc3)OC(c3cccc(NC(=O)CCCCCC(=O)O)c3)O2)s1. The van der Waals surface area contributed by atoms with Crippen LogP contribution in [0.1, 0.15) is 72.6 Å². The fourth-order valence-electron chi connectivity index (χ4n) is 4.25. The van der Waals surface area contributed by atoms with Crippen molar-refractivity contribution >= 4 is 40.7 Å². The number of aromatic nitrogens is 2. The molecule has 1 aromatic heterocycles. The van der Waals surface area contributed by atoms with Gasteiger partial charge in [0.05, 0.1) is 18.8 Å². The number of carboxylic acid groups (broad SMARTS) is 1. The first-order valence-electron chi connectivity index (χ1n) is 12.9. The number of thioether (sulfide) groups is 1. The minimum atomic E-state index is -0.816. The standard InChI is InChI=1S/C28H33N3O6S2/c1-18-30-31-28(39-18)38-17-23-15-24(20-12-10-19(16-32)11-13-20)37-27(36-23)21-6-5-7-22(14-21)29-25(33)8-3-2-4-9-26(34)35/h5-7,10-14,23-24,27,32H,2-4,8-9,15-17H2,1H3,(H,29,33)(H,34,35). The Bertz CT molecular complexity index is 1240. The van der Waals surface area contributed by atoms with Gasteiger partial charge in [0.25, 0.3) is 0 Å². The first kappa shape index (κ1) is 29.2. The van der Waals surface area contributed by atoms with Crippen LogP contribution in [0.2, 0.25) is 0 Å². The van der Waals surface area contributed by atoms with Gasteiger partial charge in [-0.1, -0.05) is 65.9 Å². The van der Waals surface area contributed by atoms with Gasteiger partial charge in [0.1, 0.15) is 5.01 Å². The number of aliphatic carboxylic acids is 1. The number of aliphatic hydroxyl groups is 1. The highest BCUT2D eigenvalue weighted by Crippen LogP contribution is 2.40. The summed E-state index contributed by atoms with van der Waals surface area (Å²) in [5.74, 6) is -0.238. The fourth-order valence-corrected chi connectivity index (χ4v) is 6.11. The van der Waals surface area contributed by atoms with Crippen molar-refractivity contribution in [3.63, 3.8) is 0 Å². The second-order valence-corrected chi connectivity index (χ2v) is 11.8. The Morgan fingerprint density at radius 1 is 1.05 bits per heavy atom. The number of hydrogen-bond acceptors (Lipinski definition) is 9. The molecule has 1 aliphatic rings. The molecule has 2 aromatic carbocycles. The minimum absolute atomic E-state index is 0.0150. The maximum absolute atomic E-state index is 12.4. The molecule has 3 N–H and O–H groups in total. The molecule has 2 heterocycles. The van der Waals surface area contributed by atoms with Crippen molar-refractivity contribution in [3.8, 4) is 0 Å². The number of hydrogen-bond donors (Lipinski definition) is 3. The van der Waals surface area contributed by atoms with Gasteiger partial charge in [-0.3, -0.25) is 9.59 Å².